The lowest BCUT2D eigenvalue weighted by Gasteiger charge is -2.35. The normalized spacial score (nSPS) is 14.8. The Hall–Kier alpha value is -0.0800. The van der Waals surface area contributed by atoms with E-state index >= 15 is 0 Å². The molecule has 2 N–H and O–H groups in total. The average Bonchev–Trinajstić information content (AvgIpc) is 2.09. The average molecular weight is 173 g/mol. The molecule has 0 spiro atoms. The summed E-state index contributed by atoms with van der Waals surface area (Å²) >= 11 is 0. The van der Waals surface area contributed by atoms with E-state index < -0.39 is 0 Å². The fourth-order valence-electron chi connectivity index (χ4n) is 1.74. The van der Waals surface area contributed by atoms with Crippen LogP contribution in [0.3, 0.4) is 0 Å². The molecular formula is C10H23NO. The maximum Gasteiger partial charge on any atom is 0.110 e. The number of aliphatic hydroxyl groups is 1. The lowest BCUT2D eigenvalue weighted by molar-refractivity contribution is -0.00942. The highest BCUT2D eigenvalue weighted by molar-refractivity contribution is 4.81. The minimum atomic E-state index is -0.345. The predicted molar refractivity (Wildman–Crippen MR) is 53.0 cm³/mol. The van der Waals surface area contributed by atoms with Crippen LogP contribution in [0.1, 0.15) is 47.0 Å². The number of rotatable bonds is 6. The molecule has 0 saturated carbocycles. The predicted octanol–water partition coefficient (Wildman–Crippen LogP) is 2.13. The third kappa shape index (κ3) is 2.46. The first kappa shape index (κ1) is 11.9. The summed E-state index contributed by atoms with van der Waals surface area (Å²) in [5.41, 5.74) is 0.0794. The summed E-state index contributed by atoms with van der Waals surface area (Å²) in [6, 6.07) is 0. The summed E-state index contributed by atoms with van der Waals surface area (Å²) in [6.45, 7) is 9.30. The van der Waals surface area contributed by atoms with E-state index in [1.165, 1.54) is 0 Å². The fraction of sp³-hybridized carbons (Fsp3) is 1.00. The maximum atomic E-state index is 9.85. The van der Waals surface area contributed by atoms with Crippen molar-refractivity contribution in [1.29, 1.82) is 0 Å². The largest absolute Gasteiger partial charge is 0.378 e. The molecule has 1 atom stereocenters. The SMILES string of the molecule is CCNC(O)C(CC)(CC)CC. The Balaban J connectivity index is 4.24. The Bertz CT molecular complexity index is 102. The van der Waals surface area contributed by atoms with Gasteiger partial charge in [-0.15, -0.1) is 0 Å². The van der Waals surface area contributed by atoms with Crippen molar-refractivity contribution in [3.05, 3.63) is 0 Å². The monoisotopic (exact) mass is 173 g/mol. The molecule has 0 amide bonds. The molecule has 0 fully saturated rings. The zero-order valence-electron chi connectivity index (χ0n) is 8.85. The second kappa shape index (κ2) is 5.55. The van der Waals surface area contributed by atoms with Crippen LogP contribution in [0.4, 0.5) is 0 Å². The number of hydrogen-bond donors (Lipinski definition) is 2. The van der Waals surface area contributed by atoms with Gasteiger partial charge in [-0.2, -0.15) is 0 Å². The smallest absolute Gasteiger partial charge is 0.110 e. The van der Waals surface area contributed by atoms with E-state index in [0.717, 1.165) is 25.8 Å². The molecule has 0 heterocycles. The zero-order valence-corrected chi connectivity index (χ0v) is 8.85. The molecule has 2 heteroatoms. The van der Waals surface area contributed by atoms with Gasteiger partial charge in [-0.05, 0) is 25.8 Å². The van der Waals surface area contributed by atoms with Gasteiger partial charge >= 0.3 is 0 Å². The van der Waals surface area contributed by atoms with Gasteiger partial charge in [0.1, 0.15) is 6.23 Å². The molecule has 1 unspecified atom stereocenters. The van der Waals surface area contributed by atoms with Crippen molar-refractivity contribution >= 4 is 0 Å². The van der Waals surface area contributed by atoms with Gasteiger partial charge in [0.05, 0.1) is 0 Å². The molecule has 0 aliphatic carbocycles. The van der Waals surface area contributed by atoms with Crippen molar-refractivity contribution in [3.63, 3.8) is 0 Å². The van der Waals surface area contributed by atoms with Gasteiger partial charge < -0.3 is 5.11 Å². The van der Waals surface area contributed by atoms with Crippen LogP contribution in [0.2, 0.25) is 0 Å². The lowest BCUT2D eigenvalue weighted by Crippen LogP contribution is -2.44. The molecule has 0 aliphatic rings. The zero-order chi connectivity index (χ0) is 9.61. The lowest BCUT2D eigenvalue weighted by atomic mass is 9.78. The second-order valence-electron chi connectivity index (χ2n) is 3.38. The van der Waals surface area contributed by atoms with E-state index in [1.54, 1.807) is 0 Å². The Labute approximate surface area is 76.4 Å². The number of hydrogen-bond acceptors (Lipinski definition) is 2. The summed E-state index contributed by atoms with van der Waals surface area (Å²) in [5.74, 6) is 0. The summed E-state index contributed by atoms with van der Waals surface area (Å²) in [6.07, 6.45) is 2.76. The van der Waals surface area contributed by atoms with Gasteiger partial charge in [-0.25, -0.2) is 0 Å². The van der Waals surface area contributed by atoms with E-state index in [-0.39, 0.29) is 11.6 Å². The van der Waals surface area contributed by atoms with E-state index in [4.69, 9.17) is 0 Å². The van der Waals surface area contributed by atoms with Crippen LogP contribution in [-0.4, -0.2) is 17.9 Å². The molecule has 2 nitrogen and oxygen atoms in total. The summed E-state index contributed by atoms with van der Waals surface area (Å²) < 4.78 is 0. The Kier molecular flexibility index (Phi) is 5.51. The van der Waals surface area contributed by atoms with Gasteiger partial charge in [0.25, 0.3) is 0 Å². The van der Waals surface area contributed by atoms with Crippen molar-refractivity contribution in [2.45, 2.75) is 53.2 Å². The van der Waals surface area contributed by atoms with Crippen molar-refractivity contribution in [3.8, 4) is 0 Å². The third-order valence-electron chi connectivity index (χ3n) is 3.09. The van der Waals surface area contributed by atoms with Crippen LogP contribution >= 0.6 is 0 Å². The van der Waals surface area contributed by atoms with Crippen LogP contribution in [0.15, 0.2) is 0 Å². The van der Waals surface area contributed by atoms with Gasteiger partial charge in [-0.3, -0.25) is 5.32 Å². The summed E-state index contributed by atoms with van der Waals surface area (Å²) in [7, 11) is 0. The second-order valence-corrected chi connectivity index (χ2v) is 3.38. The highest BCUT2D eigenvalue weighted by Crippen LogP contribution is 2.32. The number of aliphatic hydroxyl groups excluding tert-OH is 1. The van der Waals surface area contributed by atoms with E-state index in [1.807, 2.05) is 6.92 Å². The number of nitrogens with one attached hydrogen (secondary N) is 1. The first-order valence-corrected chi connectivity index (χ1v) is 5.08. The first-order valence-electron chi connectivity index (χ1n) is 5.08. The minimum absolute atomic E-state index is 0.0794. The first-order chi connectivity index (χ1) is 5.66. The van der Waals surface area contributed by atoms with Crippen molar-refractivity contribution in [2.24, 2.45) is 5.41 Å². The van der Waals surface area contributed by atoms with Crippen molar-refractivity contribution in [1.82, 2.24) is 5.32 Å². The molecule has 12 heavy (non-hydrogen) atoms. The van der Waals surface area contributed by atoms with Crippen LogP contribution in [0.25, 0.3) is 0 Å². The van der Waals surface area contributed by atoms with Crippen LogP contribution in [0.5, 0.6) is 0 Å². The van der Waals surface area contributed by atoms with Gasteiger partial charge in [0.15, 0.2) is 0 Å². The minimum Gasteiger partial charge on any atom is -0.378 e. The van der Waals surface area contributed by atoms with Gasteiger partial charge in [-0.1, -0.05) is 27.7 Å². The molecule has 0 aromatic carbocycles. The van der Waals surface area contributed by atoms with E-state index in [0.29, 0.717) is 0 Å². The topological polar surface area (TPSA) is 32.3 Å². The Morgan fingerprint density at radius 3 is 1.75 bits per heavy atom. The summed E-state index contributed by atoms with van der Waals surface area (Å²) in [5, 5.41) is 12.9. The Morgan fingerprint density at radius 2 is 1.50 bits per heavy atom. The molecule has 0 aromatic rings. The Morgan fingerprint density at radius 1 is 1.08 bits per heavy atom. The van der Waals surface area contributed by atoms with Crippen LogP contribution in [-0.2, 0) is 0 Å². The van der Waals surface area contributed by atoms with Crippen LogP contribution < -0.4 is 5.32 Å². The molecule has 0 bridgehead atoms. The quantitative estimate of drug-likeness (QED) is 0.603. The maximum absolute atomic E-state index is 9.85. The highest BCUT2D eigenvalue weighted by Gasteiger charge is 2.31. The van der Waals surface area contributed by atoms with Crippen molar-refractivity contribution < 1.29 is 5.11 Å². The van der Waals surface area contributed by atoms with E-state index in [9.17, 15) is 5.11 Å². The molecule has 0 saturated heterocycles. The molecule has 0 rings (SSSR count). The molecular weight excluding hydrogens is 150 g/mol. The van der Waals surface area contributed by atoms with Gasteiger partial charge in [0, 0.05) is 5.41 Å². The molecule has 74 valence electrons. The fourth-order valence-corrected chi connectivity index (χ4v) is 1.74. The molecule has 0 aliphatic heterocycles. The molecule has 0 aromatic heterocycles. The van der Waals surface area contributed by atoms with Gasteiger partial charge in [0.2, 0.25) is 0 Å². The summed E-state index contributed by atoms with van der Waals surface area (Å²) in [4.78, 5) is 0. The third-order valence-corrected chi connectivity index (χ3v) is 3.09. The van der Waals surface area contributed by atoms with Crippen LogP contribution in [0, 0.1) is 5.41 Å². The van der Waals surface area contributed by atoms with Crippen molar-refractivity contribution in [2.75, 3.05) is 6.54 Å². The standard InChI is InChI=1S/C10H23NO/c1-5-10(6-2,7-3)9(12)11-8-4/h9,11-12H,5-8H2,1-4H3. The molecule has 0 radical (unpaired) electrons. The van der Waals surface area contributed by atoms with E-state index in [2.05, 4.69) is 26.1 Å². The highest BCUT2D eigenvalue weighted by atomic mass is 16.3.